The summed E-state index contributed by atoms with van der Waals surface area (Å²) in [7, 11) is 1.57. The third-order valence-electron chi connectivity index (χ3n) is 5.15. The lowest BCUT2D eigenvalue weighted by molar-refractivity contribution is 0.102. The smallest absolute Gasteiger partial charge is 0.255 e. The molecule has 0 aromatic heterocycles. The van der Waals surface area contributed by atoms with Gasteiger partial charge in [-0.05, 0) is 83.1 Å². The minimum atomic E-state index is -0.238. The lowest BCUT2D eigenvalue weighted by Gasteiger charge is -2.15. The summed E-state index contributed by atoms with van der Waals surface area (Å²) < 4.78 is 18.2. The molecule has 0 saturated heterocycles. The van der Waals surface area contributed by atoms with Crippen LogP contribution in [0.3, 0.4) is 0 Å². The Labute approximate surface area is 212 Å². The summed E-state index contributed by atoms with van der Waals surface area (Å²) in [6.45, 7) is 2.41. The minimum Gasteiger partial charge on any atom is -0.493 e. The van der Waals surface area contributed by atoms with Crippen molar-refractivity contribution in [2.45, 2.75) is 13.5 Å². The van der Waals surface area contributed by atoms with Gasteiger partial charge < -0.3 is 19.5 Å². The number of amides is 1. The highest BCUT2D eigenvalue weighted by molar-refractivity contribution is 14.1. The Morgan fingerprint density at radius 3 is 2.29 bits per heavy atom. The van der Waals surface area contributed by atoms with Crippen molar-refractivity contribution in [1.29, 1.82) is 0 Å². The summed E-state index contributed by atoms with van der Waals surface area (Å²) in [6, 6.07) is 28.5. The van der Waals surface area contributed by atoms with Gasteiger partial charge in [0.25, 0.3) is 5.91 Å². The molecule has 0 fully saturated rings. The molecule has 1 N–H and O–H groups in total. The predicted molar refractivity (Wildman–Crippen MR) is 142 cm³/mol. The van der Waals surface area contributed by atoms with E-state index in [2.05, 4.69) is 27.9 Å². The van der Waals surface area contributed by atoms with Crippen molar-refractivity contribution in [3.05, 3.63) is 111 Å². The molecule has 0 aliphatic carbocycles. The van der Waals surface area contributed by atoms with Crippen LogP contribution in [0.2, 0.25) is 0 Å². The monoisotopic (exact) mass is 565 g/mol. The van der Waals surface area contributed by atoms with E-state index >= 15 is 0 Å². The number of anilines is 1. The van der Waals surface area contributed by atoms with E-state index in [1.54, 1.807) is 19.2 Å². The number of halogens is 1. The maximum atomic E-state index is 12.9. The van der Waals surface area contributed by atoms with Gasteiger partial charge in [-0.25, -0.2) is 0 Å². The normalized spacial score (nSPS) is 10.4. The van der Waals surface area contributed by atoms with Crippen LogP contribution in [0, 0.1) is 10.5 Å². The third-order valence-corrected chi connectivity index (χ3v) is 5.95. The molecule has 1 amide bonds. The Bertz CT molecular complexity index is 1270. The number of carbonyl (C=O) groups is 1. The zero-order valence-electron chi connectivity index (χ0n) is 18.9. The van der Waals surface area contributed by atoms with E-state index in [-0.39, 0.29) is 5.91 Å². The van der Waals surface area contributed by atoms with Gasteiger partial charge >= 0.3 is 0 Å². The van der Waals surface area contributed by atoms with Gasteiger partial charge in [0.1, 0.15) is 18.1 Å². The van der Waals surface area contributed by atoms with Crippen LogP contribution in [-0.2, 0) is 6.61 Å². The topological polar surface area (TPSA) is 56.8 Å². The Morgan fingerprint density at radius 1 is 0.882 bits per heavy atom. The number of aryl methyl sites for hydroxylation is 1. The fraction of sp³-hybridized carbons (Fsp3) is 0.107. The molecule has 4 rings (SSSR count). The van der Waals surface area contributed by atoms with Gasteiger partial charge in [0.2, 0.25) is 0 Å². The average Bonchev–Trinajstić information content (AvgIpc) is 2.86. The fourth-order valence-electron chi connectivity index (χ4n) is 3.33. The number of methoxy groups -OCH3 is 1. The lowest BCUT2D eigenvalue weighted by atomic mass is 10.1. The van der Waals surface area contributed by atoms with E-state index in [4.69, 9.17) is 14.2 Å². The summed E-state index contributed by atoms with van der Waals surface area (Å²) in [5.41, 5.74) is 3.26. The largest absolute Gasteiger partial charge is 0.493 e. The Hall–Kier alpha value is -3.52. The van der Waals surface area contributed by atoms with Crippen LogP contribution in [0.1, 0.15) is 21.5 Å². The number of ether oxygens (including phenoxy) is 3. The Balaban J connectivity index is 1.44. The summed E-state index contributed by atoms with van der Waals surface area (Å²) in [5.74, 6) is 2.38. The van der Waals surface area contributed by atoms with Crippen molar-refractivity contribution >= 4 is 34.2 Å². The molecule has 0 saturated carbocycles. The maximum absolute atomic E-state index is 12.9. The molecule has 0 unspecified atom stereocenters. The van der Waals surface area contributed by atoms with Crippen molar-refractivity contribution in [2.75, 3.05) is 12.4 Å². The quantitative estimate of drug-likeness (QED) is 0.229. The van der Waals surface area contributed by atoms with E-state index in [9.17, 15) is 4.79 Å². The molecule has 0 atom stereocenters. The Morgan fingerprint density at radius 2 is 1.59 bits per heavy atom. The molecular formula is C28H24INO4. The summed E-state index contributed by atoms with van der Waals surface area (Å²) in [6.07, 6.45) is 0. The molecule has 4 aromatic carbocycles. The number of para-hydroxylation sites is 1. The van der Waals surface area contributed by atoms with Crippen molar-refractivity contribution in [3.8, 4) is 23.0 Å². The van der Waals surface area contributed by atoms with Crippen LogP contribution < -0.4 is 19.5 Å². The van der Waals surface area contributed by atoms with Crippen LogP contribution in [0.4, 0.5) is 5.69 Å². The number of carbonyl (C=O) groups excluding carboxylic acids is 1. The van der Waals surface area contributed by atoms with Crippen LogP contribution in [-0.4, -0.2) is 13.0 Å². The maximum Gasteiger partial charge on any atom is 0.255 e. The van der Waals surface area contributed by atoms with Crippen LogP contribution in [0.15, 0.2) is 91.0 Å². The minimum absolute atomic E-state index is 0.238. The average molecular weight is 565 g/mol. The first-order valence-corrected chi connectivity index (χ1v) is 11.8. The van der Waals surface area contributed by atoms with E-state index in [1.165, 1.54) is 0 Å². The standard InChI is InChI=1S/C28H24INO4/c1-19-8-6-7-11-25(19)34-23-14-12-22(13-15-23)30-28(31)21-16-24(29)27(26(17-21)32-2)33-18-20-9-4-3-5-10-20/h3-17H,18H2,1-2H3,(H,30,31). The van der Waals surface area contributed by atoms with E-state index < -0.39 is 0 Å². The van der Waals surface area contributed by atoms with Gasteiger partial charge in [0.15, 0.2) is 11.5 Å². The van der Waals surface area contributed by atoms with Gasteiger partial charge in [0, 0.05) is 11.3 Å². The van der Waals surface area contributed by atoms with Gasteiger partial charge in [-0.3, -0.25) is 4.79 Å². The van der Waals surface area contributed by atoms with Crippen LogP contribution in [0.5, 0.6) is 23.0 Å². The lowest BCUT2D eigenvalue weighted by Crippen LogP contribution is -2.13. The number of hydrogen-bond donors (Lipinski definition) is 1. The van der Waals surface area contributed by atoms with Gasteiger partial charge in [-0.15, -0.1) is 0 Å². The number of nitrogens with one attached hydrogen (secondary N) is 1. The molecule has 0 bridgehead atoms. The molecule has 0 spiro atoms. The third kappa shape index (κ3) is 5.88. The second kappa shape index (κ2) is 11.1. The number of rotatable bonds is 8. The van der Waals surface area contributed by atoms with E-state index in [0.717, 1.165) is 20.4 Å². The summed E-state index contributed by atoms with van der Waals surface area (Å²) in [4.78, 5) is 12.9. The molecule has 0 aliphatic rings. The first-order valence-electron chi connectivity index (χ1n) is 10.7. The SMILES string of the molecule is COc1cc(C(=O)Nc2ccc(Oc3ccccc3C)cc2)cc(I)c1OCc1ccccc1. The molecule has 0 aliphatic heterocycles. The van der Waals surface area contributed by atoms with E-state index in [1.807, 2.05) is 85.8 Å². The molecule has 34 heavy (non-hydrogen) atoms. The van der Waals surface area contributed by atoms with Crippen molar-refractivity contribution in [3.63, 3.8) is 0 Å². The molecule has 0 heterocycles. The Kier molecular flexibility index (Phi) is 7.69. The second-order valence-corrected chi connectivity index (χ2v) is 8.77. The highest BCUT2D eigenvalue weighted by Gasteiger charge is 2.16. The molecular weight excluding hydrogens is 541 g/mol. The zero-order valence-corrected chi connectivity index (χ0v) is 21.0. The molecule has 6 heteroatoms. The molecule has 172 valence electrons. The first-order chi connectivity index (χ1) is 16.5. The van der Waals surface area contributed by atoms with Crippen LogP contribution >= 0.6 is 22.6 Å². The highest BCUT2D eigenvalue weighted by atomic mass is 127. The van der Waals surface area contributed by atoms with Crippen molar-refractivity contribution < 1.29 is 19.0 Å². The van der Waals surface area contributed by atoms with Crippen molar-refractivity contribution in [1.82, 2.24) is 0 Å². The zero-order chi connectivity index (χ0) is 23.9. The second-order valence-electron chi connectivity index (χ2n) is 7.61. The van der Waals surface area contributed by atoms with Gasteiger partial charge in [-0.2, -0.15) is 0 Å². The van der Waals surface area contributed by atoms with Crippen LogP contribution in [0.25, 0.3) is 0 Å². The first kappa shape index (κ1) is 23.6. The number of hydrogen-bond acceptors (Lipinski definition) is 4. The molecule has 5 nitrogen and oxygen atoms in total. The summed E-state index contributed by atoms with van der Waals surface area (Å²) in [5, 5.41) is 2.92. The van der Waals surface area contributed by atoms with Gasteiger partial charge in [-0.1, -0.05) is 48.5 Å². The molecule has 0 radical (unpaired) electrons. The highest BCUT2D eigenvalue weighted by Crippen LogP contribution is 2.35. The predicted octanol–water partition coefficient (Wildman–Crippen LogP) is 7.23. The molecule has 4 aromatic rings. The number of benzene rings is 4. The van der Waals surface area contributed by atoms with E-state index in [0.29, 0.717) is 35.1 Å². The summed E-state index contributed by atoms with van der Waals surface area (Å²) >= 11 is 2.16. The van der Waals surface area contributed by atoms with Crippen molar-refractivity contribution in [2.24, 2.45) is 0 Å². The fourth-order valence-corrected chi connectivity index (χ4v) is 4.09. The van der Waals surface area contributed by atoms with Gasteiger partial charge in [0.05, 0.1) is 10.7 Å².